The van der Waals surface area contributed by atoms with E-state index in [2.05, 4.69) is 10.3 Å². The number of rotatable bonds is 11. The molecule has 1 N–H and O–H groups in total. The standard InChI is InChI=1S/C25H29F2N5O4S/c1-16(2)36-24-18(26)14-28-20-13-17(32(37-27)23(20)24)15-31-12-8-9-19(25(31)35)29-21(33)10-6-5-7-11-22(34)30(3)4/h7-9,11-14,16H,5-6,10,15H2,1-4H3,(H,29,33)/b11-7+. The predicted octanol–water partition coefficient (Wildman–Crippen LogP) is 4.31. The molecule has 3 rings (SSSR count). The average molecular weight is 534 g/mol. The lowest BCUT2D eigenvalue weighted by Gasteiger charge is -2.13. The van der Waals surface area contributed by atoms with E-state index in [-0.39, 0.29) is 60.2 Å². The summed E-state index contributed by atoms with van der Waals surface area (Å²) in [6.45, 7) is 3.40. The Balaban J connectivity index is 1.75. The Morgan fingerprint density at radius 3 is 2.76 bits per heavy atom. The van der Waals surface area contributed by atoms with Crippen molar-refractivity contribution >= 4 is 40.9 Å². The molecule has 0 aliphatic carbocycles. The van der Waals surface area contributed by atoms with Gasteiger partial charge in [0.05, 0.1) is 30.1 Å². The van der Waals surface area contributed by atoms with E-state index in [1.807, 2.05) is 0 Å². The number of pyridine rings is 2. The zero-order valence-corrected chi connectivity index (χ0v) is 21.8. The van der Waals surface area contributed by atoms with Crippen LogP contribution in [0.3, 0.4) is 0 Å². The van der Waals surface area contributed by atoms with E-state index in [0.717, 1.165) is 10.2 Å². The van der Waals surface area contributed by atoms with E-state index >= 15 is 0 Å². The molecule has 0 spiro atoms. The number of carbonyl (C=O) groups is 2. The van der Waals surface area contributed by atoms with Gasteiger partial charge in [-0.3, -0.25) is 23.3 Å². The number of unbranched alkanes of at least 4 members (excludes halogenated alkanes) is 1. The van der Waals surface area contributed by atoms with E-state index in [1.165, 1.54) is 27.8 Å². The van der Waals surface area contributed by atoms with Crippen molar-refractivity contribution in [3.8, 4) is 5.75 Å². The molecule has 37 heavy (non-hydrogen) atoms. The molecule has 2 amide bonds. The summed E-state index contributed by atoms with van der Waals surface area (Å²) in [4.78, 5) is 42.3. The van der Waals surface area contributed by atoms with Crippen LogP contribution in [0.1, 0.15) is 38.8 Å². The molecule has 0 saturated heterocycles. The summed E-state index contributed by atoms with van der Waals surface area (Å²) in [5.41, 5.74) is 0.394. The smallest absolute Gasteiger partial charge is 0.274 e. The summed E-state index contributed by atoms with van der Waals surface area (Å²) in [6, 6.07) is 4.63. The maximum absolute atomic E-state index is 14.4. The van der Waals surface area contributed by atoms with Crippen molar-refractivity contribution < 1.29 is 22.6 Å². The van der Waals surface area contributed by atoms with Crippen molar-refractivity contribution in [2.45, 2.75) is 45.8 Å². The second kappa shape index (κ2) is 12.5. The second-order valence-corrected chi connectivity index (χ2v) is 9.27. The Morgan fingerprint density at radius 2 is 2.08 bits per heavy atom. The fourth-order valence-corrected chi connectivity index (χ4v) is 3.98. The molecular weight excluding hydrogens is 504 g/mol. The number of hydrogen-bond acceptors (Lipinski definition) is 6. The van der Waals surface area contributed by atoms with Gasteiger partial charge in [-0.05, 0) is 51.0 Å². The number of aromatic nitrogens is 3. The van der Waals surface area contributed by atoms with Gasteiger partial charge in [0.15, 0.2) is 23.9 Å². The molecular formula is C25H29F2N5O4S. The Morgan fingerprint density at radius 1 is 1.32 bits per heavy atom. The quantitative estimate of drug-likeness (QED) is 0.291. The number of allylic oxidation sites excluding steroid dienone is 1. The molecule has 3 heterocycles. The van der Waals surface area contributed by atoms with Crippen LogP contribution >= 0.6 is 12.3 Å². The van der Waals surface area contributed by atoms with Crippen LogP contribution in [-0.2, 0) is 16.1 Å². The van der Waals surface area contributed by atoms with E-state index < -0.39 is 11.4 Å². The SMILES string of the molecule is CC(C)Oc1c(F)cnc2cc(Cn3cccc(NC(=O)CCC/C=C/C(=O)N(C)C)c3=O)n(SF)c12. The van der Waals surface area contributed by atoms with Gasteiger partial charge in [0, 0.05) is 26.7 Å². The number of nitrogens with zero attached hydrogens (tertiary/aromatic N) is 4. The summed E-state index contributed by atoms with van der Waals surface area (Å²) in [5.74, 6) is -1.32. The first-order valence-corrected chi connectivity index (χ1v) is 12.3. The van der Waals surface area contributed by atoms with Crippen LogP contribution in [-0.4, -0.2) is 50.4 Å². The van der Waals surface area contributed by atoms with Crippen LogP contribution in [0.4, 0.5) is 14.0 Å². The first kappa shape index (κ1) is 27.9. The third kappa shape index (κ3) is 6.97. The molecule has 0 atom stereocenters. The largest absolute Gasteiger partial charge is 0.486 e. The number of hydrogen-bond donors (Lipinski definition) is 1. The maximum Gasteiger partial charge on any atom is 0.274 e. The molecule has 0 aromatic carbocycles. The molecule has 3 aromatic rings. The highest BCUT2D eigenvalue weighted by Gasteiger charge is 2.21. The predicted molar refractivity (Wildman–Crippen MR) is 140 cm³/mol. The lowest BCUT2D eigenvalue weighted by molar-refractivity contribution is -0.123. The normalized spacial score (nSPS) is 11.4. The minimum Gasteiger partial charge on any atom is -0.486 e. The number of carbonyl (C=O) groups excluding carboxylic acids is 2. The number of nitrogens with one attached hydrogen (secondary N) is 1. The summed E-state index contributed by atoms with van der Waals surface area (Å²) < 4.78 is 36.4. The van der Waals surface area contributed by atoms with Crippen LogP contribution in [0.15, 0.2) is 47.5 Å². The zero-order chi connectivity index (χ0) is 27.1. The van der Waals surface area contributed by atoms with Gasteiger partial charge >= 0.3 is 0 Å². The Hall–Kier alpha value is -3.67. The highest BCUT2D eigenvalue weighted by molar-refractivity contribution is 7.93. The van der Waals surface area contributed by atoms with Crippen LogP contribution in [0, 0.1) is 5.82 Å². The third-order valence-corrected chi connectivity index (χ3v) is 5.84. The Labute approximate surface area is 217 Å². The van der Waals surface area contributed by atoms with E-state index in [4.69, 9.17) is 4.74 Å². The van der Waals surface area contributed by atoms with Crippen molar-refractivity contribution in [3.63, 3.8) is 0 Å². The van der Waals surface area contributed by atoms with Gasteiger partial charge in [-0.2, -0.15) is 0 Å². The van der Waals surface area contributed by atoms with E-state index in [1.54, 1.807) is 46.2 Å². The fourth-order valence-electron chi connectivity index (χ4n) is 3.53. The maximum atomic E-state index is 14.4. The van der Waals surface area contributed by atoms with Gasteiger partial charge in [-0.15, -0.1) is 3.89 Å². The van der Waals surface area contributed by atoms with Crippen molar-refractivity contribution in [1.29, 1.82) is 0 Å². The lowest BCUT2D eigenvalue weighted by atomic mass is 10.2. The van der Waals surface area contributed by atoms with Crippen molar-refractivity contribution in [3.05, 3.63) is 64.6 Å². The number of ether oxygens (including phenoxy) is 1. The minimum absolute atomic E-state index is 0.0523. The summed E-state index contributed by atoms with van der Waals surface area (Å²) >= 11 is -0.147. The van der Waals surface area contributed by atoms with Crippen LogP contribution < -0.4 is 15.6 Å². The van der Waals surface area contributed by atoms with Crippen molar-refractivity contribution in [2.24, 2.45) is 0 Å². The van der Waals surface area contributed by atoms with Gasteiger partial charge in [0.25, 0.3) is 5.56 Å². The monoisotopic (exact) mass is 533 g/mol. The zero-order valence-electron chi connectivity index (χ0n) is 21.0. The van der Waals surface area contributed by atoms with Crippen molar-refractivity contribution in [2.75, 3.05) is 19.4 Å². The van der Waals surface area contributed by atoms with E-state index in [0.29, 0.717) is 24.1 Å². The third-order valence-electron chi connectivity index (χ3n) is 5.28. The van der Waals surface area contributed by atoms with Crippen molar-refractivity contribution in [1.82, 2.24) is 18.4 Å². The minimum atomic E-state index is -0.720. The van der Waals surface area contributed by atoms with Gasteiger partial charge in [0.2, 0.25) is 11.8 Å². The molecule has 9 nitrogen and oxygen atoms in total. The molecule has 0 unspecified atom stereocenters. The number of fused-ring (bicyclic) bond motifs is 1. The topological polar surface area (TPSA) is 98.5 Å². The molecule has 198 valence electrons. The Bertz CT molecular complexity index is 1370. The number of anilines is 1. The molecule has 0 bridgehead atoms. The summed E-state index contributed by atoms with van der Waals surface area (Å²) in [7, 11) is 3.30. The molecule has 0 fully saturated rings. The fraction of sp³-hybridized carbons (Fsp3) is 0.360. The molecule has 0 saturated carbocycles. The number of likely N-dealkylation sites (N-methyl/N-ethyl adjacent to an activating group) is 1. The van der Waals surface area contributed by atoms with E-state index in [9.17, 15) is 22.7 Å². The van der Waals surface area contributed by atoms with Crippen LogP contribution in [0.5, 0.6) is 5.75 Å². The lowest BCUT2D eigenvalue weighted by Crippen LogP contribution is -2.26. The molecule has 0 aliphatic heterocycles. The van der Waals surface area contributed by atoms with Gasteiger partial charge in [-0.25, -0.2) is 4.39 Å². The number of halogens is 2. The second-order valence-electron chi connectivity index (χ2n) is 8.77. The molecule has 0 aliphatic rings. The summed E-state index contributed by atoms with van der Waals surface area (Å²) in [6.07, 6.45) is 6.52. The van der Waals surface area contributed by atoms with Crippen LogP contribution in [0.2, 0.25) is 0 Å². The molecule has 3 aromatic heterocycles. The number of amides is 2. The first-order valence-electron chi connectivity index (χ1n) is 11.6. The molecule has 0 radical (unpaired) electrons. The van der Waals surface area contributed by atoms with Gasteiger partial charge in [-0.1, -0.05) is 6.08 Å². The Kier molecular flexibility index (Phi) is 9.45. The van der Waals surface area contributed by atoms with Crippen LogP contribution in [0.25, 0.3) is 11.0 Å². The van der Waals surface area contributed by atoms with Gasteiger partial charge in [0.1, 0.15) is 11.2 Å². The highest BCUT2D eigenvalue weighted by atomic mass is 32.2. The van der Waals surface area contributed by atoms with Gasteiger partial charge < -0.3 is 19.5 Å². The summed E-state index contributed by atoms with van der Waals surface area (Å²) in [5, 5.41) is 2.61. The molecule has 12 heteroatoms. The first-order chi connectivity index (χ1) is 17.6. The highest BCUT2D eigenvalue weighted by Crippen LogP contribution is 2.34. The average Bonchev–Trinajstić information content (AvgIpc) is 3.20.